The Morgan fingerprint density at radius 3 is 2.62 bits per heavy atom. The van der Waals surface area contributed by atoms with Gasteiger partial charge < -0.3 is 4.74 Å². The molecule has 0 aliphatic heterocycles. The zero-order valence-electron chi connectivity index (χ0n) is 15.2. The normalized spacial score (nSPS) is 11.1. The molecule has 3 aromatic rings. The third-order valence-electron chi connectivity index (χ3n) is 3.94. The minimum Gasteiger partial charge on any atom is -0.459 e. The van der Waals surface area contributed by atoms with Crippen LogP contribution >= 0.6 is 0 Å². The second kappa shape index (κ2) is 6.96. The van der Waals surface area contributed by atoms with Gasteiger partial charge in [0, 0.05) is 23.2 Å². The van der Waals surface area contributed by atoms with Crippen LogP contribution < -0.4 is 0 Å². The number of nitrogens with zero attached hydrogens (tertiary/aromatic N) is 4. The van der Waals surface area contributed by atoms with Gasteiger partial charge in [0.25, 0.3) is 0 Å². The van der Waals surface area contributed by atoms with Crippen LogP contribution in [0.1, 0.15) is 49.8 Å². The Morgan fingerprint density at radius 2 is 1.96 bits per heavy atom. The van der Waals surface area contributed by atoms with Crippen LogP contribution in [0.2, 0.25) is 0 Å². The Morgan fingerprint density at radius 1 is 1.19 bits per heavy atom. The molecule has 3 rings (SSSR count). The summed E-state index contributed by atoms with van der Waals surface area (Å²) in [6, 6.07) is 11.4. The fourth-order valence-electron chi connectivity index (χ4n) is 2.77. The number of nitriles is 1. The first-order valence-corrected chi connectivity index (χ1v) is 8.50. The molecule has 0 atom stereocenters. The van der Waals surface area contributed by atoms with E-state index in [0.29, 0.717) is 17.0 Å². The fraction of sp³-hybridized carbons (Fsp3) is 0.300. The van der Waals surface area contributed by atoms with Gasteiger partial charge in [0.1, 0.15) is 6.07 Å². The highest BCUT2D eigenvalue weighted by atomic mass is 16.5. The Kier molecular flexibility index (Phi) is 4.72. The van der Waals surface area contributed by atoms with E-state index in [-0.39, 0.29) is 18.1 Å². The zero-order chi connectivity index (χ0) is 18.8. The second-order valence-corrected chi connectivity index (χ2v) is 6.61. The van der Waals surface area contributed by atoms with Crippen molar-refractivity contribution >= 4 is 16.9 Å². The van der Waals surface area contributed by atoms with Gasteiger partial charge in [0.15, 0.2) is 5.69 Å². The van der Waals surface area contributed by atoms with Crippen molar-refractivity contribution in [2.45, 2.75) is 39.8 Å². The predicted octanol–water partition coefficient (Wildman–Crippen LogP) is 4.12. The first-order valence-electron chi connectivity index (χ1n) is 8.50. The van der Waals surface area contributed by atoms with Crippen LogP contribution in [0.4, 0.5) is 0 Å². The molecule has 0 fully saturated rings. The number of rotatable bonds is 4. The SMILES string of the molecule is CC(C)OC(=O)c1ccnc(-c2ccc3c(c2)c(C#N)nn3C(C)C)c1. The molecule has 26 heavy (non-hydrogen) atoms. The van der Waals surface area contributed by atoms with Gasteiger partial charge in [-0.2, -0.15) is 10.4 Å². The van der Waals surface area contributed by atoms with Crippen molar-refractivity contribution in [1.29, 1.82) is 5.26 Å². The Balaban J connectivity index is 2.06. The number of carbonyl (C=O) groups excluding carboxylic acids is 1. The molecule has 0 saturated carbocycles. The molecular weight excluding hydrogens is 328 g/mol. The average Bonchev–Trinajstić information content (AvgIpc) is 2.99. The van der Waals surface area contributed by atoms with E-state index in [9.17, 15) is 10.1 Å². The Hall–Kier alpha value is -3.20. The molecule has 6 heteroatoms. The van der Waals surface area contributed by atoms with Crippen LogP contribution in [0, 0.1) is 11.3 Å². The lowest BCUT2D eigenvalue weighted by Crippen LogP contribution is -2.11. The van der Waals surface area contributed by atoms with Gasteiger partial charge in [-0.1, -0.05) is 6.07 Å². The van der Waals surface area contributed by atoms with Crippen LogP contribution in [-0.2, 0) is 4.74 Å². The summed E-state index contributed by atoms with van der Waals surface area (Å²) < 4.78 is 7.08. The number of fused-ring (bicyclic) bond motifs is 1. The van der Waals surface area contributed by atoms with Gasteiger partial charge in [-0.3, -0.25) is 9.67 Å². The lowest BCUT2D eigenvalue weighted by Gasteiger charge is -2.09. The number of pyridine rings is 1. The summed E-state index contributed by atoms with van der Waals surface area (Å²) in [7, 11) is 0. The third kappa shape index (κ3) is 3.29. The van der Waals surface area contributed by atoms with Crippen LogP contribution in [-0.4, -0.2) is 26.8 Å². The summed E-state index contributed by atoms with van der Waals surface area (Å²) in [6.07, 6.45) is 1.40. The monoisotopic (exact) mass is 348 g/mol. The number of hydrogen-bond donors (Lipinski definition) is 0. The number of aromatic nitrogens is 3. The lowest BCUT2D eigenvalue weighted by molar-refractivity contribution is 0.0378. The molecule has 2 aromatic heterocycles. The summed E-state index contributed by atoms with van der Waals surface area (Å²) in [6.45, 7) is 7.66. The molecule has 2 heterocycles. The molecule has 1 aromatic carbocycles. The molecule has 0 amide bonds. The number of esters is 1. The van der Waals surface area contributed by atoms with E-state index in [1.165, 1.54) is 0 Å². The molecule has 0 spiro atoms. The molecule has 0 aliphatic carbocycles. The van der Waals surface area contributed by atoms with E-state index in [1.807, 2.05) is 50.6 Å². The Labute approximate surface area is 152 Å². The van der Waals surface area contributed by atoms with Gasteiger partial charge in [-0.05, 0) is 52.0 Å². The highest BCUT2D eigenvalue weighted by molar-refractivity contribution is 5.92. The van der Waals surface area contributed by atoms with Crippen molar-refractivity contribution < 1.29 is 9.53 Å². The summed E-state index contributed by atoms with van der Waals surface area (Å²) in [4.78, 5) is 16.5. The van der Waals surface area contributed by atoms with E-state index in [1.54, 1.807) is 18.3 Å². The standard InChI is InChI=1S/C20H20N4O2/c1-12(2)24-19-6-5-14(9-16(19)18(11-21)23-24)17-10-15(7-8-22-17)20(25)26-13(3)4/h5-10,12-13H,1-4H3. The second-order valence-electron chi connectivity index (χ2n) is 6.61. The summed E-state index contributed by atoms with van der Waals surface area (Å²) in [5.74, 6) is -0.380. The number of carbonyl (C=O) groups is 1. The van der Waals surface area contributed by atoms with Gasteiger partial charge >= 0.3 is 5.97 Å². The molecule has 6 nitrogen and oxygen atoms in total. The zero-order valence-corrected chi connectivity index (χ0v) is 15.2. The predicted molar refractivity (Wildman–Crippen MR) is 98.6 cm³/mol. The molecular formula is C20H20N4O2. The molecule has 0 N–H and O–H groups in total. The van der Waals surface area contributed by atoms with Gasteiger partial charge in [0.05, 0.1) is 22.9 Å². The smallest absolute Gasteiger partial charge is 0.338 e. The average molecular weight is 348 g/mol. The van der Waals surface area contributed by atoms with Crippen molar-refractivity contribution in [3.05, 3.63) is 47.8 Å². The number of hydrogen-bond acceptors (Lipinski definition) is 5. The summed E-state index contributed by atoms with van der Waals surface area (Å²) in [5.41, 5.74) is 3.19. The van der Waals surface area contributed by atoms with Crippen molar-refractivity contribution in [3.63, 3.8) is 0 Å². The lowest BCUT2D eigenvalue weighted by atomic mass is 10.1. The minimum absolute atomic E-state index is 0.151. The van der Waals surface area contributed by atoms with E-state index >= 15 is 0 Å². The van der Waals surface area contributed by atoms with Crippen LogP contribution in [0.25, 0.3) is 22.2 Å². The maximum absolute atomic E-state index is 12.1. The summed E-state index contributed by atoms with van der Waals surface area (Å²) in [5, 5.41) is 14.5. The maximum atomic E-state index is 12.1. The first-order chi connectivity index (χ1) is 12.4. The van der Waals surface area contributed by atoms with E-state index < -0.39 is 0 Å². The molecule has 0 radical (unpaired) electrons. The van der Waals surface area contributed by atoms with Crippen molar-refractivity contribution in [3.8, 4) is 17.3 Å². The third-order valence-corrected chi connectivity index (χ3v) is 3.94. The van der Waals surface area contributed by atoms with Crippen molar-refractivity contribution in [1.82, 2.24) is 14.8 Å². The highest BCUT2D eigenvalue weighted by Gasteiger charge is 2.15. The quantitative estimate of drug-likeness (QED) is 0.663. The molecule has 132 valence electrons. The van der Waals surface area contributed by atoms with Crippen LogP contribution in [0.15, 0.2) is 36.5 Å². The topological polar surface area (TPSA) is 80.8 Å². The van der Waals surface area contributed by atoms with E-state index in [2.05, 4.69) is 16.2 Å². The Bertz CT molecular complexity index is 1010. The number of ether oxygens (including phenoxy) is 1. The van der Waals surface area contributed by atoms with E-state index in [4.69, 9.17) is 4.74 Å². The van der Waals surface area contributed by atoms with Crippen molar-refractivity contribution in [2.75, 3.05) is 0 Å². The number of benzene rings is 1. The molecule has 0 aliphatic rings. The van der Waals surface area contributed by atoms with Crippen LogP contribution in [0.3, 0.4) is 0 Å². The van der Waals surface area contributed by atoms with E-state index in [0.717, 1.165) is 16.5 Å². The fourth-order valence-corrected chi connectivity index (χ4v) is 2.77. The van der Waals surface area contributed by atoms with Gasteiger partial charge in [0.2, 0.25) is 0 Å². The maximum Gasteiger partial charge on any atom is 0.338 e. The molecule has 0 bridgehead atoms. The molecule has 0 saturated heterocycles. The molecule has 0 unspecified atom stereocenters. The minimum atomic E-state index is -0.380. The first kappa shape index (κ1) is 17.6. The van der Waals surface area contributed by atoms with Crippen LogP contribution in [0.5, 0.6) is 0 Å². The van der Waals surface area contributed by atoms with Crippen molar-refractivity contribution in [2.24, 2.45) is 0 Å². The summed E-state index contributed by atoms with van der Waals surface area (Å²) >= 11 is 0. The highest BCUT2D eigenvalue weighted by Crippen LogP contribution is 2.27. The largest absolute Gasteiger partial charge is 0.459 e. The van der Waals surface area contributed by atoms with Gasteiger partial charge in [-0.15, -0.1) is 0 Å². The van der Waals surface area contributed by atoms with Gasteiger partial charge in [-0.25, -0.2) is 4.79 Å².